The number of hydrogen-bond acceptors (Lipinski definition) is 4. The predicted molar refractivity (Wildman–Crippen MR) is 70.1 cm³/mol. The van der Waals surface area contributed by atoms with E-state index in [0.29, 0.717) is 6.61 Å². The Hall–Kier alpha value is -0.160. The first-order valence-electron chi connectivity index (χ1n) is 6.88. The molecule has 0 spiro atoms. The molecule has 0 aliphatic carbocycles. The normalized spacial score (nSPS) is 33.4. The van der Waals surface area contributed by atoms with Gasteiger partial charge in [-0.3, -0.25) is 0 Å². The molecule has 2 aliphatic heterocycles. The topological polar surface area (TPSA) is 41.7 Å². The van der Waals surface area contributed by atoms with Crippen molar-refractivity contribution in [2.75, 3.05) is 46.9 Å². The standard InChI is InChI=1S/C13H27N3O/c1-15-6-3-4-11-8-16(7-5-13(11)15)9-12(14)10-17-2/h11-13H,3-10,14H2,1-2H3. The first kappa shape index (κ1) is 13.3. The maximum absolute atomic E-state index is 6.03. The maximum atomic E-state index is 6.03. The van der Waals surface area contributed by atoms with Crippen molar-refractivity contribution in [3.05, 3.63) is 0 Å². The largest absolute Gasteiger partial charge is 0.383 e. The molecule has 2 N–H and O–H groups in total. The fourth-order valence-corrected chi connectivity index (χ4v) is 3.49. The van der Waals surface area contributed by atoms with Crippen LogP contribution in [-0.2, 0) is 4.74 Å². The molecular weight excluding hydrogens is 214 g/mol. The lowest BCUT2D eigenvalue weighted by Gasteiger charge is -2.46. The molecule has 0 aromatic heterocycles. The number of piperidine rings is 2. The van der Waals surface area contributed by atoms with Crippen LogP contribution in [0.5, 0.6) is 0 Å². The molecule has 0 amide bonds. The highest BCUT2D eigenvalue weighted by Gasteiger charge is 2.34. The molecule has 4 nitrogen and oxygen atoms in total. The van der Waals surface area contributed by atoms with Gasteiger partial charge in [0.05, 0.1) is 6.61 Å². The summed E-state index contributed by atoms with van der Waals surface area (Å²) in [7, 11) is 4.01. The Kier molecular flexibility index (Phi) is 4.79. The average molecular weight is 241 g/mol. The summed E-state index contributed by atoms with van der Waals surface area (Å²) in [5, 5.41) is 0. The van der Waals surface area contributed by atoms with Crippen LogP contribution in [0, 0.1) is 5.92 Å². The van der Waals surface area contributed by atoms with Crippen LogP contribution >= 0.6 is 0 Å². The second-order valence-corrected chi connectivity index (χ2v) is 5.71. The van der Waals surface area contributed by atoms with E-state index in [4.69, 9.17) is 10.5 Å². The summed E-state index contributed by atoms with van der Waals surface area (Å²) >= 11 is 0. The molecule has 100 valence electrons. The molecule has 2 heterocycles. The van der Waals surface area contributed by atoms with Crippen molar-refractivity contribution in [2.24, 2.45) is 11.7 Å². The molecule has 0 bridgehead atoms. The van der Waals surface area contributed by atoms with Gasteiger partial charge in [0.15, 0.2) is 0 Å². The van der Waals surface area contributed by atoms with Crippen LogP contribution in [0.1, 0.15) is 19.3 Å². The lowest BCUT2D eigenvalue weighted by Crippen LogP contribution is -2.54. The van der Waals surface area contributed by atoms with Gasteiger partial charge in [-0.15, -0.1) is 0 Å². The predicted octanol–water partition coefficient (Wildman–Crippen LogP) is 0.376. The molecule has 2 saturated heterocycles. The zero-order valence-corrected chi connectivity index (χ0v) is 11.3. The average Bonchev–Trinajstić information content (AvgIpc) is 2.29. The van der Waals surface area contributed by atoms with Crippen molar-refractivity contribution in [3.63, 3.8) is 0 Å². The summed E-state index contributed by atoms with van der Waals surface area (Å²) in [5.41, 5.74) is 6.03. The Morgan fingerprint density at radius 1 is 1.35 bits per heavy atom. The minimum Gasteiger partial charge on any atom is -0.383 e. The molecule has 0 aromatic rings. The van der Waals surface area contributed by atoms with Crippen LogP contribution in [0.2, 0.25) is 0 Å². The minimum atomic E-state index is 0.165. The van der Waals surface area contributed by atoms with Crippen LogP contribution in [0.4, 0.5) is 0 Å². The third kappa shape index (κ3) is 3.41. The van der Waals surface area contributed by atoms with E-state index in [0.717, 1.165) is 18.5 Å². The van der Waals surface area contributed by atoms with E-state index in [1.165, 1.54) is 38.9 Å². The Bertz CT molecular complexity index is 237. The molecule has 4 heteroatoms. The summed E-state index contributed by atoms with van der Waals surface area (Å²) in [5.74, 6) is 0.859. The lowest BCUT2D eigenvalue weighted by molar-refractivity contribution is 0.0323. The third-order valence-electron chi connectivity index (χ3n) is 4.30. The van der Waals surface area contributed by atoms with Gasteiger partial charge in [0, 0.05) is 32.3 Å². The summed E-state index contributed by atoms with van der Waals surface area (Å²) < 4.78 is 5.11. The first-order valence-corrected chi connectivity index (χ1v) is 6.88. The van der Waals surface area contributed by atoms with Gasteiger partial charge in [0.25, 0.3) is 0 Å². The number of likely N-dealkylation sites (tertiary alicyclic amines) is 2. The number of hydrogen-bond donors (Lipinski definition) is 1. The highest BCUT2D eigenvalue weighted by Crippen LogP contribution is 2.29. The second-order valence-electron chi connectivity index (χ2n) is 5.71. The maximum Gasteiger partial charge on any atom is 0.0626 e. The highest BCUT2D eigenvalue weighted by molar-refractivity contribution is 4.89. The van der Waals surface area contributed by atoms with Gasteiger partial charge in [-0.05, 0) is 45.3 Å². The van der Waals surface area contributed by atoms with Crippen molar-refractivity contribution in [1.82, 2.24) is 9.80 Å². The Balaban J connectivity index is 1.81. The first-order chi connectivity index (χ1) is 8.20. The van der Waals surface area contributed by atoms with E-state index in [1.54, 1.807) is 7.11 Å². The SMILES string of the molecule is COCC(N)CN1CCC2C(CCCN2C)C1. The van der Waals surface area contributed by atoms with Gasteiger partial charge in [-0.1, -0.05) is 0 Å². The lowest BCUT2D eigenvalue weighted by atomic mass is 9.84. The second kappa shape index (κ2) is 6.14. The molecule has 17 heavy (non-hydrogen) atoms. The van der Waals surface area contributed by atoms with Gasteiger partial charge in [0.2, 0.25) is 0 Å². The minimum absolute atomic E-state index is 0.165. The van der Waals surface area contributed by atoms with Crippen molar-refractivity contribution in [1.29, 1.82) is 0 Å². The van der Waals surface area contributed by atoms with E-state index in [1.807, 2.05) is 0 Å². The van der Waals surface area contributed by atoms with Gasteiger partial charge < -0.3 is 20.3 Å². The number of fused-ring (bicyclic) bond motifs is 1. The molecule has 2 rings (SSSR count). The molecule has 0 radical (unpaired) electrons. The Morgan fingerprint density at radius 2 is 2.18 bits per heavy atom. The van der Waals surface area contributed by atoms with Gasteiger partial charge >= 0.3 is 0 Å². The van der Waals surface area contributed by atoms with Crippen LogP contribution in [0.15, 0.2) is 0 Å². The third-order valence-corrected chi connectivity index (χ3v) is 4.30. The summed E-state index contributed by atoms with van der Waals surface area (Å²) in [6.45, 7) is 5.37. The zero-order valence-electron chi connectivity index (χ0n) is 11.3. The monoisotopic (exact) mass is 241 g/mol. The van der Waals surface area contributed by atoms with E-state index in [-0.39, 0.29) is 6.04 Å². The molecule has 2 aliphatic rings. The Morgan fingerprint density at radius 3 is 2.94 bits per heavy atom. The number of rotatable bonds is 4. The molecule has 0 saturated carbocycles. The van der Waals surface area contributed by atoms with E-state index >= 15 is 0 Å². The smallest absolute Gasteiger partial charge is 0.0626 e. The van der Waals surface area contributed by atoms with Crippen LogP contribution in [0.3, 0.4) is 0 Å². The Labute approximate surface area is 105 Å². The molecule has 0 aromatic carbocycles. The van der Waals surface area contributed by atoms with Crippen LogP contribution in [0.25, 0.3) is 0 Å². The van der Waals surface area contributed by atoms with E-state index in [2.05, 4.69) is 16.8 Å². The fraction of sp³-hybridized carbons (Fsp3) is 1.00. The van der Waals surface area contributed by atoms with E-state index in [9.17, 15) is 0 Å². The van der Waals surface area contributed by atoms with Crippen molar-refractivity contribution >= 4 is 0 Å². The number of nitrogens with two attached hydrogens (primary N) is 1. The molecule has 3 unspecified atom stereocenters. The van der Waals surface area contributed by atoms with Crippen molar-refractivity contribution in [3.8, 4) is 0 Å². The van der Waals surface area contributed by atoms with Gasteiger partial charge in [0.1, 0.15) is 0 Å². The molecular formula is C13H27N3O. The quantitative estimate of drug-likeness (QED) is 0.772. The summed E-state index contributed by atoms with van der Waals surface area (Å²) in [4.78, 5) is 5.09. The highest BCUT2D eigenvalue weighted by atomic mass is 16.5. The summed E-state index contributed by atoms with van der Waals surface area (Å²) in [6, 6.07) is 0.983. The van der Waals surface area contributed by atoms with Crippen molar-refractivity contribution < 1.29 is 4.74 Å². The zero-order chi connectivity index (χ0) is 12.3. The van der Waals surface area contributed by atoms with E-state index < -0.39 is 0 Å². The summed E-state index contributed by atoms with van der Waals surface area (Å²) in [6.07, 6.45) is 4.06. The number of nitrogens with zero attached hydrogens (tertiary/aromatic N) is 2. The fourth-order valence-electron chi connectivity index (χ4n) is 3.49. The number of methoxy groups -OCH3 is 1. The van der Waals surface area contributed by atoms with Crippen LogP contribution < -0.4 is 5.73 Å². The van der Waals surface area contributed by atoms with Gasteiger partial charge in [-0.25, -0.2) is 0 Å². The van der Waals surface area contributed by atoms with Crippen LogP contribution in [-0.4, -0.2) is 68.8 Å². The number of ether oxygens (including phenoxy) is 1. The van der Waals surface area contributed by atoms with Crippen molar-refractivity contribution in [2.45, 2.75) is 31.3 Å². The van der Waals surface area contributed by atoms with Gasteiger partial charge in [-0.2, -0.15) is 0 Å². The molecule has 2 fully saturated rings. The molecule has 3 atom stereocenters.